The van der Waals surface area contributed by atoms with Crippen molar-refractivity contribution in [2.24, 2.45) is 5.73 Å². The number of aryl methyl sites for hydroxylation is 1. The number of benzene rings is 2. The summed E-state index contributed by atoms with van der Waals surface area (Å²) in [6, 6.07) is 13.7. The van der Waals surface area contributed by atoms with E-state index in [9.17, 15) is 18.8 Å². The summed E-state index contributed by atoms with van der Waals surface area (Å²) < 4.78 is 16.2. The summed E-state index contributed by atoms with van der Waals surface area (Å²) in [4.78, 5) is 37.7. The first-order valence-electron chi connectivity index (χ1n) is 11.7. The minimum absolute atomic E-state index is 0.00936. The van der Waals surface area contributed by atoms with Crippen LogP contribution in [0, 0.1) is 17.1 Å². The highest BCUT2D eigenvalue weighted by Crippen LogP contribution is 2.32. The lowest BCUT2D eigenvalue weighted by atomic mass is 10.0. The number of pyridine rings is 1. The van der Waals surface area contributed by atoms with Crippen LogP contribution in [0.3, 0.4) is 0 Å². The summed E-state index contributed by atoms with van der Waals surface area (Å²) in [6.07, 6.45) is 1.58. The Balaban J connectivity index is 2.04. The summed E-state index contributed by atoms with van der Waals surface area (Å²) >= 11 is 6.35. The third-order valence-corrected chi connectivity index (χ3v) is 5.87. The molecule has 0 fully saturated rings. The first-order chi connectivity index (χ1) is 18.2. The van der Waals surface area contributed by atoms with Crippen molar-refractivity contribution in [2.45, 2.75) is 33.2 Å². The molecule has 1 heterocycles. The lowest BCUT2D eigenvalue weighted by molar-refractivity contribution is -0.119. The van der Waals surface area contributed by atoms with Crippen LogP contribution in [0.25, 0.3) is 17.2 Å². The highest BCUT2D eigenvalue weighted by Gasteiger charge is 2.19. The second-order valence-corrected chi connectivity index (χ2v) is 8.52. The topological polar surface area (TPSA) is 142 Å². The lowest BCUT2D eigenvalue weighted by Crippen LogP contribution is -2.29. The average molecular weight is 537 g/mol. The van der Waals surface area contributed by atoms with E-state index in [-0.39, 0.29) is 40.6 Å². The normalized spacial score (nSPS) is 11.0. The first kappa shape index (κ1) is 28.0. The number of carbonyl (C=O) groups excluding carboxylic acids is 2. The molecule has 0 saturated heterocycles. The molecule has 0 saturated carbocycles. The number of nitrogens with zero attached hydrogens (tertiary/aromatic N) is 2. The molecule has 11 heteroatoms. The molecule has 3 aromatic rings. The molecule has 1 aromatic heterocycles. The summed E-state index contributed by atoms with van der Waals surface area (Å²) in [6.45, 7) is 3.90. The number of carbonyl (C=O) groups is 2. The highest BCUT2D eigenvalue weighted by molar-refractivity contribution is 6.33. The van der Waals surface area contributed by atoms with Crippen LogP contribution in [0.2, 0.25) is 5.02 Å². The summed E-state index contributed by atoms with van der Waals surface area (Å²) in [5.74, 6) is -1.37. The number of hydrogen-bond acceptors (Lipinski definition) is 5. The third-order valence-electron chi connectivity index (χ3n) is 5.55. The fraction of sp³-hybridized carbons (Fsp3) is 0.185. The van der Waals surface area contributed by atoms with Crippen LogP contribution < -0.4 is 27.2 Å². The van der Waals surface area contributed by atoms with Gasteiger partial charge in [0.1, 0.15) is 18.1 Å². The molecule has 3 rings (SSSR count). The fourth-order valence-corrected chi connectivity index (χ4v) is 4.07. The van der Waals surface area contributed by atoms with Crippen LogP contribution in [0.5, 0.6) is 0 Å². The van der Waals surface area contributed by atoms with Crippen LogP contribution in [-0.4, -0.2) is 16.5 Å². The van der Waals surface area contributed by atoms with Gasteiger partial charge in [-0.2, -0.15) is 5.26 Å². The Labute approximate surface area is 223 Å². The summed E-state index contributed by atoms with van der Waals surface area (Å²) in [7, 11) is 0. The molecule has 3 amide bonds. The van der Waals surface area contributed by atoms with E-state index < -0.39 is 23.3 Å². The number of halogens is 2. The number of amides is 3. The van der Waals surface area contributed by atoms with E-state index in [4.69, 9.17) is 22.6 Å². The zero-order valence-corrected chi connectivity index (χ0v) is 21.5. The Kier molecular flexibility index (Phi) is 9.24. The van der Waals surface area contributed by atoms with Crippen molar-refractivity contribution in [3.05, 3.63) is 86.8 Å². The minimum Gasteiger partial charge on any atom is -0.385 e. The Morgan fingerprint density at radius 3 is 2.47 bits per heavy atom. The zero-order chi connectivity index (χ0) is 27.8. The van der Waals surface area contributed by atoms with Gasteiger partial charge in [-0.25, -0.2) is 9.18 Å². The molecular formula is C27H26ClFN6O3. The first-order valence-corrected chi connectivity index (χ1v) is 12.1. The van der Waals surface area contributed by atoms with Gasteiger partial charge in [-0.3, -0.25) is 9.59 Å². The van der Waals surface area contributed by atoms with E-state index >= 15 is 0 Å². The largest absolute Gasteiger partial charge is 0.385 e. The van der Waals surface area contributed by atoms with Gasteiger partial charge in [0.05, 0.1) is 22.5 Å². The third kappa shape index (κ3) is 6.57. The average Bonchev–Trinajstić information content (AvgIpc) is 2.87. The van der Waals surface area contributed by atoms with Crippen molar-refractivity contribution in [1.82, 2.24) is 9.88 Å². The molecule has 0 aliphatic rings. The maximum Gasteiger partial charge on any atom is 0.323 e. The van der Waals surface area contributed by atoms with Crippen molar-refractivity contribution in [1.29, 1.82) is 5.26 Å². The maximum absolute atomic E-state index is 14.7. The molecule has 0 radical (unpaired) electrons. The molecular weight excluding hydrogens is 511 g/mol. The molecule has 0 aliphatic carbocycles. The summed E-state index contributed by atoms with van der Waals surface area (Å²) in [5.41, 5.74) is 7.47. The predicted octanol–water partition coefficient (Wildman–Crippen LogP) is 4.82. The van der Waals surface area contributed by atoms with E-state index in [1.165, 1.54) is 16.7 Å². The second-order valence-electron chi connectivity index (χ2n) is 8.11. The maximum atomic E-state index is 14.7. The SMILES string of the molecule is CCc1cc(-c2cc(NC(=O)Nc3ccccc3)c(F)cc2Cl)c(=O)n(CC)c1/C=C(\N)NC(=O)CC#N. The monoisotopic (exact) mass is 536 g/mol. The van der Waals surface area contributed by atoms with Gasteiger partial charge in [0, 0.05) is 29.4 Å². The van der Waals surface area contributed by atoms with E-state index in [0.717, 1.165) is 6.07 Å². The second kappa shape index (κ2) is 12.6. The highest BCUT2D eigenvalue weighted by atomic mass is 35.5. The van der Waals surface area contributed by atoms with Crippen molar-refractivity contribution in [3.8, 4) is 17.2 Å². The Morgan fingerprint density at radius 1 is 1.13 bits per heavy atom. The van der Waals surface area contributed by atoms with Gasteiger partial charge in [0.25, 0.3) is 5.56 Å². The van der Waals surface area contributed by atoms with Crippen molar-refractivity contribution in [2.75, 3.05) is 10.6 Å². The predicted molar refractivity (Wildman–Crippen MR) is 146 cm³/mol. The number of aromatic nitrogens is 1. The molecule has 38 heavy (non-hydrogen) atoms. The summed E-state index contributed by atoms with van der Waals surface area (Å²) in [5, 5.41) is 16.1. The van der Waals surface area contributed by atoms with Gasteiger partial charge in [-0.1, -0.05) is 36.7 Å². The van der Waals surface area contributed by atoms with E-state index in [1.807, 2.05) is 6.92 Å². The van der Waals surface area contributed by atoms with Crippen molar-refractivity contribution < 1.29 is 14.0 Å². The van der Waals surface area contributed by atoms with Crippen LogP contribution in [0.15, 0.2) is 59.1 Å². The van der Waals surface area contributed by atoms with Crippen LogP contribution >= 0.6 is 11.6 Å². The van der Waals surface area contributed by atoms with Gasteiger partial charge in [-0.05, 0) is 49.2 Å². The van der Waals surface area contributed by atoms with Gasteiger partial charge < -0.3 is 26.3 Å². The molecule has 5 N–H and O–H groups in total. The van der Waals surface area contributed by atoms with Gasteiger partial charge in [0.2, 0.25) is 5.91 Å². The molecule has 0 atom stereocenters. The fourth-order valence-electron chi connectivity index (χ4n) is 3.82. The Morgan fingerprint density at radius 2 is 1.84 bits per heavy atom. The molecule has 0 spiro atoms. The quantitative estimate of drug-likeness (QED) is 0.326. The molecule has 0 aliphatic heterocycles. The smallest absolute Gasteiger partial charge is 0.323 e. The van der Waals surface area contributed by atoms with Crippen LogP contribution in [0.4, 0.5) is 20.6 Å². The minimum atomic E-state index is -0.770. The van der Waals surface area contributed by atoms with Crippen LogP contribution in [0.1, 0.15) is 31.5 Å². The van der Waals surface area contributed by atoms with E-state index in [0.29, 0.717) is 23.4 Å². The van der Waals surface area contributed by atoms with Gasteiger partial charge in [-0.15, -0.1) is 0 Å². The van der Waals surface area contributed by atoms with Gasteiger partial charge >= 0.3 is 6.03 Å². The van der Waals surface area contributed by atoms with Crippen molar-refractivity contribution in [3.63, 3.8) is 0 Å². The number of anilines is 2. The molecule has 9 nitrogen and oxygen atoms in total. The molecule has 0 unspecified atom stereocenters. The van der Waals surface area contributed by atoms with E-state index in [1.54, 1.807) is 49.4 Å². The standard InChI is InChI=1S/C27H26ClFN6O3/c1-3-16-12-19(26(37)35(4-2)23(16)15-24(31)34-25(36)10-11-30)18-13-22(21(29)14-20(18)28)33-27(38)32-17-8-6-5-7-9-17/h5-9,12-15H,3-4,10,31H2,1-2H3,(H,34,36)(H2,32,33,38)/b24-15+. The number of nitrogens with one attached hydrogen (secondary N) is 3. The Hall–Kier alpha value is -4.62. The molecule has 196 valence electrons. The van der Waals surface area contributed by atoms with Gasteiger partial charge in [0.15, 0.2) is 0 Å². The lowest BCUT2D eigenvalue weighted by Gasteiger charge is -2.17. The Bertz CT molecular complexity index is 1500. The molecule has 2 aromatic carbocycles. The van der Waals surface area contributed by atoms with E-state index in [2.05, 4.69) is 16.0 Å². The number of urea groups is 1. The number of hydrogen-bond donors (Lipinski definition) is 4. The molecule has 0 bridgehead atoms. The number of nitriles is 1. The number of rotatable bonds is 8. The zero-order valence-electron chi connectivity index (χ0n) is 20.8. The van der Waals surface area contributed by atoms with Crippen LogP contribution in [-0.2, 0) is 17.8 Å². The van der Waals surface area contributed by atoms with Crippen molar-refractivity contribution >= 4 is 41.0 Å². The number of nitrogens with two attached hydrogens (primary N) is 1. The number of para-hydroxylation sites is 1.